The summed E-state index contributed by atoms with van der Waals surface area (Å²) in [6.07, 6.45) is 10.0. The van der Waals surface area contributed by atoms with Gasteiger partial charge in [-0.05, 0) is 76.3 Å². The summed E-state index contributed by atoms with van der Waals surface area (Å²) in [5, 5.41) is 4.67. The molecule has 5 rings (SSSR count). The number of unbranched alkanes of at least 4 members (excludes halogenated alkanes) is 2. The first-order chi connectivity index (χ1) is 21.1. The number of hydrogen-bond donors (Lipinski definition) is 2. The van der Waals surface area contributed by atoms with Crippen LogP contribution in [0.4, 0.5) is 5.82 Å². The molecule has 0 spiro atoms. The van der Waals surface area contributed by atoms with E-state index in [2.05, 4.69) is 17.2 Å². The normalized spacial score (nSPS) is 18.9. The van der Waals surface area contributed by atoms with E-state index in [4.69, 9.17) is 15.6 Å². The molecular formula is C32H43N6O5P. The molecule has 0 unspecified atom stereocenters. The summed E-state index contributed by atoms with van der Waals surface area (Å²) in [7, 11) is -2.47. The number of fused-ring (bicyclic) bond motifs is 3. The third kappa shape index (κ3) is 6.98. The van der Waals surface area contributed by atoms with E-state index in [-0.39, 0.29) is 29.6 Å². The van der Waals surface area contributed by atoms with E-state index in [0.717, 1.165) is 79.8 Å². The Kier molecular flexibility index (Phi) is 9.73. The second-order valence-electron chi connectivity index (χ2n) is 12.3. The van der Waals surface area contributed by atoms with Gasteiger partial charge in [0.25, 0.3) is 11.8 Å². The van der Waals surface area contributed by atoms with Gasteiger partial charge in [-0.2, -0.15) is 4.73 Å². The molecular weight excluding hydrogens is 579 g/mol. The highest BCUT2D eigenvalue weighted by Crippen LogP contribution is 2.37. The average Bonchev–Trinajstić information content (AvgIpc) is 3.52. The summed E-state index contributed by atoms with van der Waals surface area (Å²) in [6.45, 7) is 7.05. The number of carbonyl (C=O) groups is 3. The first-order valence-corrected chi connectivity index (χ1v) is 18.3. The van der Waals surface area contributed by atoms with Gasteiger partial charge >= 0.3 is 0 Å². The molecule has 1 saturated carbocycles. The zero-order valence-corrected chi connectivity index (χ0v) is 26.8. The predicted molar refractivity (Wildman–Crippen MR) is 172 cm³/mol. The van der Waals surface area contributed by atoms with Crippen LogP contribution in [0.1, 0.15) is 64.1 Å². The number of nitrogens with one attached hydrogen (secondary N) is 1. The van der Waals surface area contributed by atoms with Gasteiger partial charge in [-0.15, -0.1) is 0 Å². The quantitative estimate of drug-likeness (QED) is 0.166. The molecule has 0 atom stereocenters. The lowest BCUT2D eigenvalue weighted by atomic mass is 9.81. The molecule has 44 heavy (non-hydrogen) atoms. The number of rotatable bonds is 13. The largest absolute Gasteiger partial charge is 0.412 e. The third-order valence-electron chi connectivity index (χ3n) is 8.65. The molecule has 11 nitrogen and oxygen atoms in total. The Morgan fingerprint density at radius 3 is 2.48 bits per heavy atom. The number of imide groups is 1. The minimum Gasteiger partial charge on any atom is -0.412 e. The van der Waals surface area contributed by atoms with Gasteiger partial charge < -0.3 is 20.5 Å². The zero-order valence-electron chi connectivity index (χ0n) is 25.9. The van der Waals surface area contributed by atoms with E-state index < -0.39 is 7.14 Å². The fraction of sp³-hybridized carbons (Fsp3) is 0.531. The number of imidazole rings is 1. The van der Waals surface area contributed by atoms with E-state index in [1.807, 2.05) is 18.2 Å². The molecule has 1 aliphatic carbocycles. The van der Waals surface area contributed by atoms with Gasteiger partial charge in [0, 0.05) is 48.3 Å². The van der Waals surface area contributed by atoms with E-state index in [1.54, 1.807) is 18.1 Å². The van der Waals surface area contributed by atoms with Crippen molar-refractivity contribution in [1.29, 1.82) is 0 Å². The lowest BCUT2D eigenvalue weighted by Crippen LogP contribution is -2.38. The van der Waals surface area contributed by atoms with E-state index in [9.17, 15) is 18.9 Å². The topological polar surface area (TPSA) is 150 Å². The van der Waals surface area contributed by atoms with Crippen molar-refractivity contribution >= 4 is 57.9 Å². The third-order valence-corrected chi connectivity index (χ3v) is 10.2. The molecule has 3 heterocycles. The molecule has 0 radical (unpaired) electrons. The SMILES string of the molecule is CCCCc1nc2c(N)nc3cc(P(C)(C)=O)ccc3c2n1OCCCCNC(=O)C1CCC(CN2C(=O)C=CC2=O)CC1. The van der Waals surface area contributed by atoms with Crippen molar-refractivity contribution in [3.63, 3.8) is 0 Å². The molecule has 3 N–H and O–H groups in total. The Balaban J connectivity index is 1.15. The van der Waals surface area contributed by atoms with Crippen LogP contribution in [0.25, 0.3) is 21.9 Å². The maximum atomic E-state index is 12.8. The van der Waals surface area contributed by atoms with Crippen LogP contribution in [0, 0.1) is 11.8 Å². The fourth-order valence-corrected chi connectivity index (χ4v) is 6.91. The van der Waals surface area contributed by atoms with Gasteiger partial charge in [-0.1, -0.05) is 19.4 Å². The number of anilines is 1. The number of hydrogen-bond acceptors (Lipinski definition) is 8. The molecule has 236 valence electrons. The average molecular weight is 623 g/mol. The summed E-state index contributed by atoms with van der Waals surface area (Å²) in [6, 6.07) is 5.65. The van der Waals surface area contributed by atoms with Crippen LogP contribution in [0.2, 0.25) is 0 Å². The summed E-state index contributed by atoms with van der Waals surface area (Å²) >= 11 is 0. The number of nitrogens with two attached hydrogens (primary N) is 1. The van der Waals surface area contributed by atoms with Gasteiger partial charge in [-0.25, -0.2) is 9.97 Å². The van der Waals surface area contributed by atoms with Crippen molar-refractivity contribution in [1.82, 2.24) is 24.9 Å². The highest BCUT2D eigenvalue weighted by molar-refractivity contribution is 7.70. The summed E-state index contributed by atoms with van der Waals surface area (Å²) in [4.78, 5) is 53.4. The number of aromatic nitrogens is 3. The summed E-state index contributed by atoms with van der Waals surface area (Å²) < 4.78 is 14.5. The van der Waals surface area contributed by atoms with Gasteiger partial charge in [0.05, 0.1) is 5.52 Å². The molecule has 0 bridgehead atoms. The van der Waals surface area contributed by atoms with Crippen molar-refractivity contribution in [3.05, 3.63) is 36.2 Å². The minimum atomic E-state index is -2.47. The Hall–Kier alpha value is -3.72. The Bertz CT molecular complexity index is 1620. The molecule has 1 fully saturated rings. The van der Waals surface area contributed by atoms with Crippen LogP contribution >= 0.6 is 7.14 Å². The minimum absolute atomic E-state index is 0.0359. The summed E-state index contributed by atoms with van der Waals surface area (Å²) in [5.74, 6) is 0.903. The number of carbonyl (C=O) groups excluding carboxylic acids is 3. The fourth-order valence-electron chi connectivity index (χ4n) is 6.05. The number of benzene rings is 1. The molecule has 3 aromatic rings. The number of nitrogen functional groups attached to an aromatic ring is 1. The first-order valence-electron chi connectivity index (χ1n) is 15.7. The number of amides is 3. The van der Waals surface area contributed by atoms with Gasteiger partial charge in [0.15, 0.2) is 5.82 Å². The van der Waals surface area contributed by atoms with Crippen LogP contribution in [0.15, 0.2) is 30.4 Å². The van der Waals surface area contributed by atoms with Crippen molar-refractivity contribution < 1.29 is 23.8 Å². The molecule has 12 heteroatoms. The highest BCUT2D eigenvalue weighted by Gasteiger charge is 2.31. The maximum absolute atomic E-state index is 12.8. The molecule has 0 saturated heterocycles. The molecule has 1 aromatic carbocycles. The number of nitrogens with zero attached hydrogens (tertiary/aromatic N) is 4. The number of aryl methyl sites for hydroxylation is 1. The van der Waals surface area contributed by atoms with Crippen LogP contribution < -0.4 is 21.2 Å². The molecule has 2 aromatic heterocycles. The van der Waals surface area contributed by atoms with Gasteiger partial charge in [-0.3, -0.25) is 19.3 Å². The second kappa shape index (κ2) is 13.5. The van der Waals surface area contributed by atoms with Crippen molar-refractivity contribution in [3.8, 4) is 0 Å². The van der Waals surface area contributed by atoms with Gasteiger partial charge in [0.2, 0.25) is 5.91 Å². The monoisotopic (exact) mass is 622 g/mol. The molecule has 2 aliphatic rings. The number of pyridine rings is 1. The van der Waals surface area contributed by atoms with Crippen LogP contribution in [-0.4, -0.2) is 70.3 Å². The van der Waals surface area contributed by atoms with Crippen LogP contribution in [-0.2, 0) is 25.4 Å². The lowest BCUT2D eigenvalue weighted by molar-refractivity contribution is -0.138. The smallest absolute Gasteiger partial charge is 0.253 e. The van der Waals surface area contributed by atoms with E-state index in [1.165, 1.54) is 17.1 Å². The summed E-state index contributed by atoms with van der Waals surface area (Å²) in [5.41, 5.74) is 8.38. The standard InChI is InChI=1S/C32H43N6O5P/c1-4-5-8-26-36-29-30(24-14-13-23(44(2,3)42)19-25(24)35-31(29)33)38(26)43-18-7-6-17-34-32(41)22-11-9-21(10-12-22)20-37-27(39)15-16-28(37)40/h13-16,19,21-22H,4-12,17-18,20H2,1-3H3,(H2,33,35)(H,34,41). The lowest BCUT2D eigenvalue weighted by Gasteiger charge is -2.30. The Labute approximate surface area is 257 Å². The van der Waals surface area contributed by atoms with Gasteiger partial charge in [0.1, 0.15) is 30.6 Å². The van der Waals surface area contributed by atoms with Crippen LogP contribution in [0.3, 0.4) is 0 Å². The zero-order chi connectivity index (χ0) is 31.4. The van der Waals surface area contributed by atoms with E-state index in [0.29, 0.717) is 36.5 Å². The second-order valence-corrected chi connectivity index (χ2v) is 15.6. The Morgan fingerprint density at radius 1 is 1.07 bits per heavy atom. The Morgan fingerprint density at radius 2 is 1.80 bits per heavy atom. The van der Waals surface area contributed by atoms with Crippen molar-refractivity contribution in [2.75, 3.05) is 38.8 Å². The van der Waals surface area contributed by atoms with Crippen molar-refractivity contribution in [2.24, 2.45) is 11.8 Å². The molecule has 1 aliphatic heterocycles. The maximum Gasteiger partial charge on any atom is 0.253 e. The molecule has 3 amide bonds. The predicted octanol–water partition coefficient (Wildman–Crippen LogP) is 3.81. The van der Waals surface area contributed by atoms with Crippen LogP contribution in [0.5, 0.6) is 0 Å². The first kappa shape index (κ1) is 31.7. The highest BCUT2D eigenvalue weighted by atomic mass is 31.2. The van der Waals surface area contributed by atoms with Crippen molar-refractivity contribution in [2.45, 2.75) is 64.7 Å². The van der Waals surface area contributed by atoms with E-state index >= 15 is 0 Å².